The van der Waals surface area contributed by atoms with E-state index >= 15 is 0 Å². The summed E-state index contributed by atoms with van der Waals surface area (Å²) in [4.78, 5) is 16.8. The van der Waals surface area contributed by atoms with Crippen molar-refractivity contribution in [3.05, 3.63) is 41.4 Å². The molecule has 4 N–H and O–H groups in total. The summed E-state index contributed by atoms with van der Waals surface area (Å²) in [5.41, 5.74) is 2.50. The molecule has 2 aromatic carbocycles. The minimum absolute atomic E-state index is 0.213. The van der Waals surface area contributed by atoms with Crippen LogP contribution in [-0.2, 0) is 4.79 Å². The molecule has 0 saturated heterocycles. The van der Waals surface area contributed by atoms with E-state index in [-0.39, 0.29) is 18.9 Å². The number of carbonyl (C=O) groups is 1. The van der Waals surface area contributed by atoms with Crippen molar-refractivity contribution in [3.63, 3.8) is 0 Å². The van der Waals surface area contributed by atoms with E-state index in [1.165, 1.54) is 6.92 Å². The SMILES string of the molecule is COc1ccc2nc3cc(Cl)ccc3c(NCCCC(=O)N[C@H](CO)[C@@H](C)O)c2c1. The Hall–Kier alpha value is -2.61. The Morgan fingerprint density at radius 1 is 1.20 bits per heavy atom. The first-order chi connectivity index (χ1) is 14.4. The molecule has 8 heteroatoms. The number of amides is 1. The van der Waals surface area contributed by atoms with Gasteiger partial charge in [-0.2, -0.15) is 0 Å². The first-order valence-electron chi connectivity index (χ1n) is 9.82. The van der Waals surface area contributed by atoms with Gasteiger partial charge >= 0.3 is 0 Å². The quantitative estimate of drug-likeness (QED) is 0.306. The number of aliphatic hydroxyl groups excluding tert-OH is 2. The van der Waals surface area contributed by atoms with Gasteiger partial charge in [0.05, 0.1) is 42.6 Å². The summed E-state index contributed by atoms with van der Waals surface area (Å²) in [5.74, 6) is 0.517. The van der Waals surface area contributed by atoms with E-state index in [2.05, 4.69) is 10.6 Å². The van der Waals surface area contributed by atoms with Crippen LogP contribution in [0.3, 0.4) is 0 Å². The second-order valence-corrected chi connectivity index (χ2v) is 7.60. The normalized spacial score (nSPS) is 13.2. The highest BCUT2D eigenvalue weighted by Gasteiger charge is 2.16. The second-order valence-electron chi connectivity index (χ2n) is 7.16. The molecule has 0 aliphatic carbocycles. The van der Waals surface area contributed by atoms with Crippen LogP contribution in [0.2, 0.25) is 5.02 Å². The maximum absolute atomic E-state index is 12.1. The summed E-state index contributed by atoms with van der Waals surface area (Å²) in [6, 6.07) is 10.6. The van der Waals surface area contributed by atoms with E-state index in [0.717, 1.165) is 33.2 Å². The predicted octanol–water partition coefficient (Wildman–Crippen LogP) is 3.10. The molecule has 3 rings (SSSR count). The number of hydrogen-bond donors (Lipinski definition) is 4. The molecule has 0 fully saturated rings. The largest absolute Gasteiger partial charge is 0.497 e. The van der Waals surface area contributed by atoms with Crippen LogP contribution in [0.5, 0.6) is 5.75 Å². The number of anilines is 1. The fourth-order valence-corrected chi connectivity index (χ4v) is 3.44. The van der Waals surface area contributed by atoms with Crippen molar-refractivity contribution < 1.29 is 19.7 Å². The van der Waals surface area contributed by atoms with Crippen molar-refractivity contribution in [1.29, 1.82) is 0 Å². The molecule has 1 amide bonds. The fourth-order valence-electron chi connectivity index (χ4n) is 3.27. The van der Waals surface area contributed by atoms with Crippen molar-refractivity contribution in [2.45, 2.75) is 31.9 Å². The summed E-state index contributed by atoms with van der Waals surface area (Å²) < 4.78 is 5.36. The van der Waals surface area contributed by atoms with Crippen LogP contribution in [-0.4, -0.2) is 53.5 Å². The third-order valence-corrected chi connectivity index (χ3v) is 5.19. The number of ether oxygens (including phenoxy) is 1. The minimum atomic E-state index is -0.812. The van der Waals surface area contributed by atoms with Crippen LogP contribution in [0, 0.1) is 0 Å². The second kappa shape index (κ2) is 9.93. The molecule has 0 saturated carbocycles. The number of pyridine rings is 1. The average Bonchev–Trinajstić information content (AvgIpc) is 2.73. The Balaban J connectivity index is 1.77. The van der Waals surface area contributed by atoms with E-state index in [1.807, 2.05) is 36.4 Å². The zero-order valence-electron chi connectivity index (χ0n) is 17.0. The highest BCUT2D eigenvalue weighted by Crippen LogP contribution is 2.34. The number of halogens is 1. The van der Waals surface area contributed by atoms with Crippen LogP contribution in [0.1, 0.15) is 19.8 Å². The van der Waals surface area contributed by atoms with Crippen molar-refractivity contribution in [3.8, 4) is 5.75 Å². The van der Waals surface area contributed by atoms with Gasteiger partial charge in [-0.05, 0) is 49.7 Å². The molecule has 0 spiro atoms. The topological polar surface area (TPSA) is 104 Å². The molecule has 7 nitrogen and oxygen atoms in total. The summed E-state index contributed by atoms with van der Waals surface area (Å²) >= 11 is 6.15. The van der Waals surface area contributed by atoms with Crippen molar-refractivity contribution in [2.75, 3.05) is 25.6 Å². The summed E-state index contributed by atoms with van der Waals surface area (Å²) in [7, 11) is 1.62. The number of rotatable bonds is 9. The van der Waals surface area contributed by atoms with Gasteiger partial charge in [0.1, 0.15) is 5.75 Å². The van der Waals surface area contributed by atoms with Gasteiger partial charge in [-0.15, -0.1) is 0 Å². The van der Waals surface area contributed by atoms with E-state index in [4.69, 9.17) is 21.3 Å². The first-order valence-corrected chi connectivity index (χ1v) is 10.2. The van der Waals surface area contributed by atoms with Crippen LogP contribution < -0.4 is 15.4 Å². The summed E-state index contributed by atoms with van der Waals surface area (Å²) in [6.45, 7) is 1.78. The molecule has 3 aromatic rings. The van der Waals surface area contributed by atoms with Gasteiger partial charge in [0.15, 0.2) is 0 Å². The third-order valence-electron chi connectivity index (χ3n) is 4.95. The molecule has 0 bridgehead atoms. The summed E-state index contributed by atoms with van der Waals surface area (Å²) in [6.07, 6.45) is 0.0346. The summed E-state index contributed by atoms with van der Waals surface area (Å²) in [5, 5.41) is 27.3. The lowest BCUT2D eigenvalue weighted by Gasteiger charge is -2.19. The van der Waals surface area contributed by atoms with E-state index < -0.39 is 12.1 Å². The molecule has 1 aromatic heterocycles. The van der Waals surface area contributed by atoms with Crippen molar-refractivity contribution >= 4 is 45.0 Å². The van der Waals surface area contributed by atoms with Gasteiger partial charge < -0.3 is 25.6 Å². The number of nitrogens with zero attached hydrogens (tertiary/aromatic N) is 1. The van der Waals surface area contributed by atoms with Crippen LogP contribution in [0.25, 0.3) is 21.8 Å². The van der Waals surface area contributed by atoms with E-state index in [1.54, 1.807) is 7.11 Å². The minimum Gasteiger partial charge on any atom is -0.497 e. The third kappa shape index (κ3) is 5.11. The number of aromatic nitrogens is 1. The Morgan fingerprint density at radius 2 is 2.00 bits per heavy atom. The molecule has 0 aliphatic rings. The molecule has 2 atom stereocenters. The number of hydrogen-bond acceptors (Lipinski definition) is 6. The first kappa shape index (κ1) is 22.1. The highest BCUT2D eigenvalue weighted by molar-refractivity contribution is 6.31. The molecule has 0 radical (unpaired) electrons. The maximum atomic E-state index is 12.1. The van der Waals surface area contributed by atoms with Gasteiger partial charge in [-0.25, -0.2) is 4.98 Å². The molecule has 0 unspecified atom stereocenters. The highest BCUT2D eigenvalue weighted by atomic mass is 35.5. The smallest absolute Gasteiger partial charge is 0.220 e. The fraction of sp³-hybridized carbons (Fsp3) is 0.364. The zero-order chi connectivity index (χ0) is 21.7. The van der Waals surface area contributed by atoms with Crippen molar-refractivity contribution in [2.24, 2.45) is 0 Å². The molecule has 1 heterocycles. The number of carbonyl (C=O) groups excluding carboxylic acids is 1. The van der Waals surface area contributed by atoms with Gasteiger partial charge in [0.2, 0.25) is 5.91 Å². The van der Waals surface area contributed by atoms with E-state index in [9.17, 15) is 15.0 Å². The van der Waals surface area contributed by atoms with Gasteiger partial charge in [-0.3, -0.25) is 4.79 Å². The van der Waals surface area contributed by atoms with Gasteiger partial charge in [0, 0.05) is 28.8 Å². The Labute approximate surface area is 180 Å². The Kier molecular flexibility index (Phi) is 7.31. The number of methoxy groups -OCH3 is 1. The maximum Gasteiger partial charge on any atom is 0.220 e. The zero-order valence-corrected chi connectivity index (χ0v) is 17.7. The Morgan fingerprint density at radius 3 is 2.70 bits per heavy atom. The van der Waals surface area contributed by atoms with Gasteiger partial charge in [0.25, 0.3) is 0 Å². The van der Waals surface area contributed by atoms with Gasteiger partial charge in [-0.1, -0.05) is 11.6 Å². The number of benzene rings is 2. The number of aliphatic hydroxyl groups is 2. The molecular formula is C22H26ClN3O4. The van der Waals surface area contributed by atoms with Crippen LogP contribution in [0.4, 0.5) is 5.69 Å². The Bertz CT molecular complexity index is 1040. The molecule has 160 valence electrons. The monoisotopic (exact) mass is 431 g/mol. The molecule has 30 heavy (non-hydrogen) atoms. The lowest BCUT2D eigenvalue weighted by Crippen LogP contribution is -2.44. The molecule has 0 aliphatic heterocycles. The predicted molar refractivity (Wildman–Crippen MR) is 119 cm³/mol. The lowest BCUT2D eigenvalue weighted by molar-refractivity contribution is -0.123. The standard InChI is InChI=1S/C22H26ClN3O4/c1-13(28)20(12-27)26-21(29)4-3-9-24-22-16-7-5-14(23)10-19(16)25-18-8-6-15(30-2)11-17(18)22/h5-8,10-11,13,20,27-28H,3-4,9,12H2,1-2H3,(H,24,25)(H,26,29)/t13-,20-/m1/s1. The van der Waals surface area contributed by atoms with Crippen molar-refractivity contribution in [1.82, 2.24) is 10.3 Å². The van der Waals surface area contributed by atoms with E-state index in [0.29, 0.717) is 18.0 Å². The molecular weight excluding hydrogens is 406 g/mol. The number of nitrogens with one attached hydrogen (secondary N) is 2. The average molecular weight is 432 g/mol. The van der Waals surface area contributed by atoms with Crippen LogP contribution >= 0.6 is 11.6 Å². The van der Waals surface area contributed by atoms with Crippen LogP contribution in [0.15, 0.2) is 36.4 Å². The lowest BCUT2D eigenvalue weighted by atomic mass is 10.1. The number of fused-ring (bicyclic) bond motifs is 2.